The average Bonchev–Trinajstić information content (AvgIpc) is 3.30. The van der Waals surface area contributed by atoms with Crippen molar-refractivity contribution in [2.24, 2.45) is 13.0 Å². The van der Waals surface area contributed by atoms with Gasteiger partial charge in [-0.3, -0.25) is 0 Å². The molecule has 1 saturated heterocycles. The summed E-state index contributed by atoms with van der Waals surface area (Å²) in [5.74, 6) is 1.92. The molecule has 3 aromatic heterocycles. The van der Waals surface area contributed by atoms with Crippen LogP contribution in [-0.2, 0) is 11.8 Å². The summed E-state index contributed by atoms with van der Waals surface area (Å²) in [6, 6.07) is 0. The van der Waals surface area contributed by atoms with Crippen molar-refractivity contribution >= 4 is 33.3 Å². The first-order valence-electron chi connectivity index (χ1n) is 10.3. The highest BCUT2D eigenvalue weighted by Crippen LogP contribution is 2.38. The van der Waals surface area contributed by atoms with Gasteiger partial charge in [0.15, 0.2) is 0 Å². The Morgan fingerprint density at radius 3 is 2.90 bits per heavy atom. The Bertz CT molecular complexity index is 1080. The summed E-state index contributed by atoms with van der Waals surface area (Å²) in [4.78, 5) is 29.6. The van der Waals surface area contributed by atoms with Crippen LogP contribution in [0.5, 0.6) is 0 Å². The van der Waals surface area contributed by atoms with E-state index in [9.17, 15) is 9.90 Å². The van der Waals surface area contributed by atoms with Crippen LogP contribution in [0.4, 0.5) is 5.82 Å². The van der Waals surface area contributed by atoms with E-state index in [-0.39, 0.29) is 11.9 Å². The first-order chi connectivity index (χ1) is 14.4. The number of anilines is 1. The number of nitrogens with zero attached hydrogens (tertiary/aromatic N) is 5. The largest absolute Gasteiger partial charge is 0.462 e. The minimum atomic E-state index is -0.634. The highest BCUT2D eigenvalue weighted by molar-refractivity contribution is 7.20. The van der Waals surface area contributed by atoms with E-state index >= 15 is 0 Å². The maximum atomic E-state index is 12.4. The SMILES string of the molecule is CCOC(=O)c1sc2nc(C)nc(N3CCCC(C(O)c4nccn4C)C3)c2c1C. The molecule has 1 aliphatic heterocycles. The van der Waals surface area contributed by atoms with Crippen LogP contribution in [0.3, 0.4) is 0 Å². The first kappa shape index (κ1) is 20.7. The standard InChI is InChI=1S/C21H27N5O3S/c1-5-29-21(28)17-12(2)15-18(23-13(3)24-20(15)30-17)26-9-6-7-14(11-26)16(27)19-22-8-10-25(19)4/h8,10,14,16,27H,5-7,9,11H2,1-4H3. The molecular weight excluding hydrogens is 402 g/mol. The number of aromatic nitrogens is 4. The second kappa shape index (κ2) is 8.31. The number of piperidine rings is 1. The Morgan fingerprint density at radius 2 is 2.20 bits per heavy atom. The van der Waals surface area contributed by atoms with Crippen LogP contribution in [0.25, 0.3) is 10.2 Å². The Hall–Kier alpha value is -2.52. The molecule has 8 nitrogen and oxygen atoms in total. The van der Waals surface area contributed by atoms with E-state index in [4.69, 9.17) is 9.72 Å². The lowest BCUT2D eigenvalue weighted by Crippen LogP contribution is -2.39. The van der Waals surface area contributed by atoms with Gasteiger partial charge < -0.3 is 19.3 Å². The van der Waals surface area contributed by atoms with Crippen molar-refractivity contribution in [2.45, 2.75) is 39.7 Å². The molecule has 0 aliphatic carbocycles. The van der Waals surface area contributed by atoms with Crippen molar-refractivity contribution in [3.8, 4) is 0 Å². The van der Waals surface area contributed by atoms with Crippen molar-refractivity contribution in [3.05, 3.63) is 34.5 Å². The quantitative estimate of drug-likeness (QED) is 0.623. The zero-order valence-electron chi connectivity index (χ0n) is 17.8. The lowest BCUT2D eigenvalue weighted by Gasteiger charge is -2.36. The van der Waals surface area contributed by atoms with Gasteiger partial charge in [-0.1, -0.05) is 0 Å². The molecule has 0 radical (unpaired) electrons. The Kier molecular flexibility index (Phi) is 5.75. The fraction of sp³-hybridized carbons (Fsp3) is 0.524. The molecule has 1 fully saturated rings. The van der Waals surface area contributed by atoms with Crippen molar-refractivity contribution in [3.63, 3.8) is 0 Å². The van der Waals surface area contributed by atoms with Crippen LogP contribution in [0.15, 0.2) is 12.4 Å². The summed E-state index contributed by atoms with van der Waals surface area (Å²) < 4.78 is 7.09. The minimum absolute atomic E-state index is 0.0497. The van der Waals surface area contributed by atoms with Gasteiger partial charge >= 0.3 is 5.97 Å². The van der Waals surface area contributed by atoms with Gasteiger partial charge in [0.2, 0.25) is 0 Å². The van der Waals surface area contributed by atoms with Crippen LogP contribution < -0.4 is 4.90 Å². The zero-order valence-corrected chi connectivity index (χ0v) is 18.6. The number of aryl methyl sites for hydroxylation is 3. The van der Waals surface area contributed by atoms with Crippen LogP contribution in [-0.4, -0.2) is 50.3 Å². The molecule has 30 heavy (non-hydrogen) atoms. The minimum Gasteiger partial charge on any atom is -0.462 e. The van der Waals surface area contributed by atoms with E-state index in [1.54, 1.807) is 13.1 Å². The molecule has 4 rings (SSSR count). The summed E-state index contributed by atoms with van der Waals surface area (Å²) in [5.41, 5.74) is 0.857. The van der Waals surface area contributed by atoms with Crippen molar-refractivity contribution in [2.75, 3.05) is 24.6 Å². The molecule has 9 heteroatoms. The van der Waals surface area contributed by atoms with Gasteiger partial charge in [-0.25, -0.2) is 19.7 Å². The number of carbonyl (C=O) groups is 1. The predicted molar refractivity (Wildman–Crippen MR) is 116 cm³/mol. The molecule has 4 heterocycles. The van der Waals surface area contributed by atoms with Gasteiger partial charge in [0.25, 0.3) is 0 Å². The smallest absolute Gasteiger partial charge is 0.348 e. The molecule has 0 bridgehead atoms. The summed E-state index contributed by atoms with van der Waals surface area (Å²) in [6.45, 7) is 7.45. The number of fused-ring (bicyclic) bond motifs is 1. The molecule has 0 saturated carbocycles. The number of carbonyl (C=O) groups excluding carboxylic acids is 1. The number of hydrogen-bond acceptors (Lipinski definition) is 8. The lowest BCUT2D eigenvalue weighted by molar-refractivity contribution is 0.0531. The van der Waals surface area contributed by atoms with Gasteiger partial charge in [-0.2, -0.15) is 0 Å². The van der Waals surface area contributed by atoms with Crippen molar-refractivity contribution in [1.29, 1.82) is 0 Å². The van der Waals surface area contributed by atoms with Gasteiger partial charge in [-0.05, 0) is 39.2 Å². The highest BCUT2D eigenvalue weighted by Gasteiger charge is 2.31. The van der Waals surface area contributed by atoms with E-state index < -0.39 is 6.10 Å². The van der Waals surface area contributed by atoms with Gasteiger partial charge in [0.1, 0.15) is 33.3 Å². The number of esters is 1. The normalized spacial score (nSPS) is 18.0. The topological polar surface area (TPSA) is 93.4 Å². The van der Waals surface area contributed by atoms with Crippen molar-refractivity contribution in [1.82, 2.24) is 19.5 Å². The molecular formula is C21H27N5O3S. The van der Waals surface area contributed by atoms with Crippen molar-refractivity contribution < 1.29 is 14.6 Å². The molecule has 0 aromatic carbocycles. The van der Waals surface area contributed by atoms with Crippen LogP contribution in [0.1, 0.15) is 52.8 Å². The second-order valence-corrected chi connectivity index (χ2v) is 8.74. The summed E-state index contributed by atoms with van der Waals surface area (Å²) in [6.07, 6.45) is 4.80. The van der Waals surface area contributed by atoms with Gasteiger partial charge in [0, 0.05) is 38.4 Å². The molecule has 2 atom stereocenters. The maximum Gasteiger partial charge on any atom is 0.348 e. The fourth-order valence-corrected chi connectivity index (χ4v) is 5.29. The molecule has 160 valence electrons. The van der Waals surface area contributed by atoms with E-state index in [1.807, 2.05) is 31.7 Å². The monoisotopic (exact) mass is 429 g/mol. The number of aliphatic hydroxyl groups excluding tert-OH is 1. The molecule has 3 aromatic rings. The van der Waals surface area contributed by atoms with Crippen LogP contribution in [0.2, 0.25) is 0 Å². The van der Waals surface area contributed by atoms with Gasteiger partial charge in [-0.15, -0.1) is 11.3 Å². The number of rotatable bonds is 5. The Labute approximate surface area is 179 Å². The van der Waals surface area contributed by atoms with Crippen LogP contribution in [0, 0.1) is 19.8 Å². The third kappa shape index (κ3) is 3.67. The summed E-state index contributed by atoms with van der Waals surface area (Å²) in [7, 11) is 1.90. The highest BCUT2D eigenvalue weighted by atomic mass is 32.1. The van der Waals surface area contributed by atoms with Crippen LogP contribution >= 0.6 is 11.3 Å². The average molecular weight is 430 g/mol. The zero-order chi connectivity index (χ0) is 21.4. The third-order valence-electron chi connectivity index (χ3n) is 5.67. The van der Waals surface area contributed by atoms with Gasteiger partial charge in [0.05, 0.1) is 12.0 Å². The maximum absolute atomic E-state index is 12.4. The number of imidazole rings is 1. The molecule has 0 spiro atoms. The number of ether oxygens (including phenoxy) is 1. The Balaban J connectivity index is 1.70. The van der Waals surface area contributed by atoms with E-state index in [1.165, 1.54) is 11.3 Å². The molecule has 1 aliphatic rings. The summed E-state index contributed by atoms with van der Waals surface area (Å²) in [5, 5.41) is 11.8. The first-order valence-corrected chi connectivity index (χ1v) is 11.1. The number of aliphatic hydroxyl groups is 1. The van der Waals surface area contributed by atoms with E-state index in [0.29, 0.717) is 29.7 Å². The molecule has 1 N–H and O–H groups in total. The Morgan fingerprint density at radius 1 is 1.40 bits per heavy atom. The number of hydrogen-bond donors (Lipinski definition) is 1. The summed E-state index contributed by atoms with van der Waals surface area (Å²) >= 11 is 1.36. The molecule has 2 unspecified atom stereocenters. The second-order valence-electron chi connectivity index (χ2n) is 7.74. The lowest BCUT2D eigenvalue weighted by atomic mass is 9.91. The predicted octanol–water partition coefficient (Wildman–Crippen LogP) is 3.17. The fourth-order valence-electron chi connectivity index (χ4n) is 4.17. The third-order valence-corrected chi connectivity index (χ3v) is 6.84. The molecule has 0 amide bonds. The van der Waals surface area contributed by atoms with E-state index in [2.05, 4.69) is 14.9 Å². The number of thiophene rings is 1. The van der Waals surface area contributed by atoms with E-state index in [0.717, 1.165) is 41.0 Å².